The Balaban J connectivity index is 0.00000121. The number of hydrogen-bond acceptors (Lipinski definition) is 4. The summed E-state index contributed by atoms with van der Waals surface area (Å²) in [5, 5.41) is 13.1. The van der Waals surface area contributed by atoms with E-state index in [1.165, 1.54) is 12.1 Å². The third kappa shape index (κ3) is 15.5. The summed E-state index contributed by atoms with van der Waals surface area (Å²) in [7, 11) is 0. The molecule has 0 fully saturated rings. The second kappa shape index (κ2) is 20.7. The van der Waals surface area contributed by atoms with Crippen molar-refractivity contribution in [1.29, 1.82) is 0 Å². The molecule has 0 radical (unpaired) electrons. The molecule has 0 aliphatic carbocycles. The predicted molar refractivity (Wildman–Crippen MR) is 163 cm³/mol. The number of nitrogens with zero attached hydrogens (tertiary/aromatic N) is 1. The molecule has 0 aliphatic rings. The molecule has 0 bridgehead atoms. The van der Waals surface area contributed by atoms with Crippen LogP contribution in [0.4, 0.5) is 8.78 Å². The lowest BCUT2D eigenvalue weighted by Gasteiger charge is -2.22. The second-order valence-corrected chi connectivity index (χ2v) is 10.5. The van der Waals surface area contributed by atoms with Crippen molar-refractivity contribution in [1.82, 2.24) is 10.2 Å². The van der Waals surface area contributed by atoms with Gasteiger partial charge in [-0.05, 0) is 74.1 Å². The first-order valence-electron chi connectivity index (χ1n) is 14.2. The maximum atomic E-state index is 12.9. The van der Waals surface area contributed by atoms with Crippen LogP contribution in [0.1, 0.15) is 79.3 Å². The first-order chi connectivity index (χ1) is 19.4. The minimum Gasteiger partial charge on any atom is -0.390 e. The number of aryl methyl sites for hydroxylation is 2. The van der Waals surface area contributed by atoms with Crippen LogP contribution in [-0.4, -0.2) is 60.8 Å². The lowest BCUT2D eigenvalue weighted by Crippen LogP contribution is -2.36. The van der Waals surface area contributed by atoms with Crippen LogP contribution in [0, 0.1) is 37.3 Å². The summed E-state index contributed by atoms with van der Waals surface area (Å²) in [6, 6.07) is 8.69. The largest absolute Gasteiger partial charge is 0.390 e. The van der Waals surface area contributed by atoms with Gasteiger partial charge in [0.15, 0.2) is 0 Å². The number of amides is 2. The van der Waals surface area contributed by atoms with Gasteiger partial charge >= 0.3 is 0 Å². The van der Waals surface area contributed by atoms with Crippen LogP contribution in [-0.2, 0) is 4.74 Å². The SMILES string of the molecule is C=C.CCCN(CCC)C(=O)c1cc(C)cc(C(=O)NCC(C)C(O)COCC(C)C)c1.Cc1cc(F)cc(F)c1. The molecule has 2 aromatic rings. The van der Waals surface area contributed by atoms with Gasteiger partial charge in [-0.1, -0.05) is 34.6 Å². The standard InChI is InChI=1S/C24H40N2O4.C7H6F2.C2H4/c1-7-9-26(10-8-2)24(29)21-12-18(5)11-20(13-21)23(28)25-14-19(6)22(27)16-30-15-17(3)4;1-5-2-6(8)4-7(9)3-5;1-2/h11-13,17,19,22,27H,7-10,14-16H2,1-6H3,(H,25,28);2-4H,1H3;1-2H2. The average Bonchev–Trinajstić information content (AvgIpc) is 2.91. The summed E-state index contributed by atoms with van der Waals surface area (Å²) in [6.45, 7) is 22.2. The Morgan fingerprint density at radius 3 is 1.88 bits per heavy atom. The maximum Gasteiger partial charge on any atom is 0.253 e. The maximum absolute atomic E-state index is 12.9. The molecular formula is C33H50F2N2O4. The Labute approximate surface area is 245 Å². The van der Waals surface area contributed by atoms with Crippen molar-refractivity contribution in [2.24, 2.45) is 11.8 Å². The molecule has 2 rings (SSSR count). The summed E-state index contributed by atoms with van der Waals surface area (Å²) < 4.78 is 29.9. The topological polar surface area (TPSA) is 78.9 Å². The normalized spacial score (nSPS) is 11.9. The molecule has 0 aromatic heterocycles. The highest BCUT2D eigenvalue weighted by atomic mass is 19.1. The Kier molecular flexibility index (Phi) is 19.2. The minimum absolute atomic E-state index is 0.0393. The Morgan fingerprint density at radius 2 is 1.39 bits per heavy atom. The van der Waals surface area contributed by atoms with Gasteiger partial charge in [-0.15, -0.1) is 13.2 Å². The van der Waals surface area contributed by atoms with Crippen LogP contribution in [0.5, 0.6) is 0 Å². The average molecular weight is 577 g/mol. The second-order valence-electron chi connectivity index (χ2n) is 10.5. The molecule has 0 saturated heterocycles. The number of ether oxygens (including phenoxy) is 1. The number of rotatable bonds is 13. The number of carbonyl (C=O) groups is 2. The molecule has 2 unspecified atom stereocenters. The fourth-order valence-electron chi connectivity index (χ4n) is 3.85. The van der Waals surface area contributed by atoms with Crippen molar-refractivity contribution >= 4 is 11.8 Å². The van der Waals surface area contributed by atoms with E-state index < -0.39 is 17.7 Å². The van der Waals surface area contributed by atoms with E-state index in [1.807, 2.05) is 24.8 Å². The van der Waals surface area contributed by atoms with E-state index >= 15 is 0 Å². The summed E-state index contributed by atoms with van der Waals surface area (Å²) in [6.07, 6.45) is 1.15. The minimum atomic E-state index is -0.643. The summed E-state index contributed by atoms with van der Waals surface area (Å²) in [5.41, 5.74) is 2.47. The van der Waals surface area contributed by atoms with Crippen molar-refractivity contribution in [2.75, 3.05) is 32.8 Å². The molecule has 2 N–H and O–H groups in total. The van der Waals surface area contributed by atoms with Gasteiger partial charge in [0.05, 0.1) is 12.7 Å². The van der Waals surface area contributed by atoms with Crippen molar-refractivity contribution in [3.8, 4) is 0 Å². The number of halogens is 2. The number of nitrogens with one attached hydrogen (secondary N) is 1. The monoisotopic (exact) mass is 576 g/mol. The van der Waals surface area contributed by atoms with E-state index in [2.05, 4.69) is 46.2 Å². The Hall–Kier alpha value is -3.10. The third-order valence-electron chi connectivity index (χ3n) is 5.85. The van der Waals surface area contributed by atoms with Crippen LogP contribution in [0.2, 0.25) is 0 Å². The van der Waals surface area contributed by atoms with E-state index in [1.54, 1.807) is 19.1 Å². The van der Waals surface area contributed by atoms with Crippen LogP contribution < -0.4 is 5.32 Å². The van der Waals surface area contributed by atoms with Gasteiger partial charge < -0.3 is 20.1 Å². The zero-order valence-corrected chi connectivity index (χ0v) is 25.9. The van der Waals surface area contributed by atoms with E-state index in [0.717, 1.165) is 24.5 Å². The molecule has 0 aliphatic heterocycles. The van der Waals surface area contributed by atoms with Gasteiger partial charge in [0, 0.05) is 49.4 Å². The molecular weight excluding hydrogens is 526 g/mol. The van der Waals surface area contributed by atoms with E-state index in [9.17, 15) is 23.5 Å². The smallest absolute Gasteiger partial charge is 0.253 e. The first-order valence-corrected chi connectivity index (χ1v) is 14.2. The fourth-order valence-corrected chi connectivity index (χ4v) is 3.85. The van der Waals surface area contributed by atoms with Crippen LogP contribution in [0.3, 0.4) is 0 Å². The van der Waals surface area contributed by atoms with E-state index in [4.69, 9.17) is 4.74 Å². The van der Waals surface area contributed by atoms with Crippen molar-refractivity contribution in [3.63, 3.8) is 0 Å². The molecule has 41 heavy (non-hydrogen) atoms. The summed E-state index contributed by atoms with van der Waals surface area (Å²) in [4.78, 5) is 27.4. The van der Waals surface area contributed by atoms with Crippen molar-refractivity contribution < 1.29 is 28.2 Å². The molecule has 2 atom stereocenters. The molecule has 0 spiro atoms. The molecule has 2 amide bonds. The zero-order valence-electron chi connectivity index (χ0n) is 25.9. The first kappa shape index (κ1) is 37.9. The highest BCUT2D eigenvalue weighted by molar-refractivity contribution is 6.00. The third-order valence-corrected chi connectivity index (χ3v) is 5.85. The van der Waals surface area contributed by atoms with Crippen LogP contribution >= 0.6 is 0 Å². The van der Waals surface area contributed by atoms with E-state index in [-0.39, 0.29) is 24.3 Å². The molecule has 8 heteroatoms. The van der Waals surface area contributed by atoms with Gasteiger partial charge in [0.1, 0.15) is 11.6 Å². The lowest BCUT2D eigenvalue weighted by atomic mass is 10.0. The molecule has 0 saturated carbocycles. The number of aliphatic hydroxyl groups excluding tert-OH is 1. The molecule has 2 aromatic carbocycles. The number of carbonyl (C=O) groups excluding carboxylic acids is 2. The van der Waals surface area contributed by atoms with E-state index in [0.29, 0.717) is 48.8 Å². The summed E-state index contributed by atoms with van der Waals surface area (Å²) in [5.74, 6) is -1.05. The predicted octanol–water partition coefficient (Wildman–Crippen LogP) is 6.73. The Bertz CT molecular complexity index is 1010. The quantitative estimate of drug-likeness (QED) is 0.259. The lowest BCUT2D eigenvalue weighted by molar-refractivity contribution is 0.00100. The Morgan fingerprint density at radius 1 is 0.878 bits per heavy atom. The fraction of sp³-hybridized carbons (Fsp3) is 0.515. The highest BCUT2D eigenvalue weighted by Gasteiger charge is 2.19. The molecule has 6 nitrogen and oxygen atoms in total. The number of hydrogen-bond donors (Lipinski definition) is 2. The van der Waals surface area contributed by atoms with Crippen LogP contribution in [0.15, 0.2) is 49.6 Å². The number of benzene rings is 2. The van der Waals surface area contributed by atoms with Crippen molar-refractivity contribution in [2.45, 2.75) is 67.4 Å². The van der Waals surface area contributed by atoms with Gasteiger partial charge in [0.25, 0.3) is 11.8 Å². The van der Waals surface area contributed by atoms with Crippen LogP contribution in [0.25, 0.3) is 0 Å². The van der Waals surface area contributed by atoms with Gasteiger partial charge in [0.2, 0.25) is 0 Å². The van der Waals surface area contributed by atoms with Gasteiger partial charge in [-0.2, -0.15) is 0 Å². The van der Waals surface area contributed by atoms with Gasteiger partial charge in [-0.25, -0.2) is 8.78 Å². The zero-order chi connectivity index (χ0) is 31.5. The molecule has 0 heterocycles. The number of aliphatic hydroxyl groups is 1. The molecule has 230 valence electrons. The van der Waals surface area contributed by atoms with Gasteiger partial charge in [-0.3, -0.25) is 9.59 Å². The summed E-state index contributed by atoms with van der Waals surface area (Å²) >= 11 is 0. The van der Waals surface area contributed by atoms with Crippen molar-refractivity contribution in [3.05, 3.63) is 83.4 Å². The highest BCUT2D eigenvalue weighted by Crippen LogP contribution is 2.14.